The van der Waals surface area contributed by atoms with Crippen LogP contribution in [0.5, 0.6) is 0 Å². The zero-order valence-corrected chi connectivity index (χ0v) is 41.4. The Balaban J connectivity index is 1.20. The second-order valence-electron chi connectivity index (χ2n) is 21.6. The first-order valence-electron chi connectivity index (χ1n) is 23.6. The van der Waals surface area contributed by atoms with E-state index in [2.05, 4.69) is 229 Å². The van der Waals surface area contributed by atoms with Gasteiger partial charge in [-0.1, -0.05) is 149 Å². The number of halogens is 1. The van der Waals surface area contributed by atoms with Crippen LogP contribution in [-0.2, 0) is 8.84 Å². The average Bonchev–Trinajstić information content (AvgIpc) is 3.63. The van der Waals surface area contributed by atoms with E-state index >= 15 is 0 Å². The van der Waals surface area contributed by atoms with Gasteiger partial charge in [0.1, 0.15) is 5.58 Å². The van der Waals surface area contributed by atoms with Gasteiger partial charge in [0.05, 0.1) is 11.3 Å². The number of alkyl halides is 1. The largest absolute Gasteiger partial charge is 0.468 e. The Labute approximate surface area is 395 Å². The summed E-state index contributed by atoms with van der Waals surface area (Å²) >= 11 is 2.73. The van der Waals surface area contributed by atoms with Crippen molar-refractivity contribution in [3.8, 4) is 11.1 Å². The van der Waals surface area contributed by atoms with E-state index in [1.807, 2.05) is 0 Å². The van der Waals surface area contributed by atoms with Crippen molar-refractivity contribution in [1.29, 1.82) is 0 Å². The summed E-state index contributed by atoms with van der Waals surface area (Å²) in [5.41, 5.74) is 22.8. The van der Waals surface area contributed by atoms with E-state index in [9.17, 15) is 0 Å². The van der Waals surface area contributed by atoms with Gasteiger partial charge in [0.15, 0.2) is 0 Å². The summed E-state index contributed by atoms with van der Waals surface area (Å²) in [5.74, 6) is 1.20. The van der Waals surface area contributed by atoms with Crippen LogP contribution >= 0.6 is 22.6 Å². The van der Waals surface area contributed by atoms with Crippen molar-refractivity contribution >= 4 is 85.3 Å². The number of benzene rings is 5. The van der Waals surface area contributed by atoms with Gasteiger partial charge < -0.3 is 14.2 Å². The van der Waals surface area contributed by atoms with Crippen molar-refractivity contribution in [3.05, 3.63) is 167 Å². The maximum atomic E-state index is 7.51. The van der Waals surface area contributed by atoms with Gasteiger partial charge in [-0.15, -0.1) is 0 Å². The van der Waals surface area contributed by atoms with Crippen molar-refractivity contribution in [1.82, 2.24) is 0 Å². The van der Waals surface area contributed by atoms with Crippen LogP contribution in [0.2, 0.25) is 0 Å². The number of aryl methyl sites for hydroxylation is 2. The van der Waals surface area contributed by atoms with Crippen molar-refractivity contribution < 1.29 is 4.42 Å². The van der Waals surface area contributed by atoms with Crippen molar-refractivity contribution in [2.45, 2.75) is 103 Å². The molecular weight excluding hydrogens is 890 g/mol. The van der Waals surface area contributed by atoms with Crippen LogP contribution in [0, 0.1) is 31.1 Å². The quantitative estimate of drug-likeness (QED) is 0.0996. The van der Waals surface area contributed by atoms with Crippen molar-refractivity contribution in [3.63, 3.8) is 0 Å². The fraction of sp³-hybridized carbons (Fsp3) is 0.322. The lowest BCUT2D eigenvalue weighted by Gasteiger charge is -2.43. The van der Waals surface area contributed by atoms with Gasteiger partial charge >= 0.3 is 0 Å². The van der Waals surface area contributed by atoms with Gasteiger partial charge in [-0.2, -0.15) is 0 Å². The molecule has 6 aromatic rings. The lowest BCUT2D eigenvalue weighted by molar-refractivity contribution is 0.293. The molecule has 0 spiro atoms. The van der Waals surface area contributed by atoms with Crippen LogP contribution in [0.1, 0.15) is 108 Å². The van der Waals surface area contributed by atoms with E-state index in [-0.39, 0.29) is 21.0 Å². The molecular formula is C59H60BIN2O. The molecule has 0 fully saturated rings. The molecule has 0 saturated carbocycles. The van der Waals surface area contributed by atoms with Gasteiger partial charge in [-0.25, -0.2) is 0 Å². The molecule has 322 valence electrons. The minimum absolute atomic E-state index is 0.0338. The zero-order valence-electron chi connectivity index (χ0n) is 39.2. The number of hydrogen-bond donors (Lipinski definition) is 0. The summed E-state index contributed by atoms with van der Waals surface area (Å²) in [4.78, 5) is 5.15. The number of fused-ring (bicyclic) bond motifs is 7. The van der Waals surface area contributed by atoms with Crippen molar-refractivity contribution in [2.75, 3.05) is 9.80 Å². The van der Waals surface area contributed by atoms with Gasteiger partial charge in [-0.05, 0) is 168 Å². The van der Waals surface area contributed by atoms with E-state index in [4.69, 9.17) is 4.42 Å². The minimum atomic E-state index is -0.105. The van der Waals surface area contributed by atoms with Crippen LogP contribution in [-0.4, -0.2) is 6.71 Å². The molecule has 0 amide bonds. The molecule has 11 rings (SSSR count). The fourth-order valence-corrected chi connectivity index (χ4v) is 12.8. The van der Waals surface area contributed by atoms with Crippen molar-refractivity contribution in [2.24, 2.45) is 17.3 Å². The monoisotopic (exact) mass is 950 g/mol. The molecule has 0 N–H and O–H groups in total. The standard InChI is InChI=1S/C59H60BIN2O/c1-35-15-11-16-36(2)52(35)39-19-13-20-43(31-39)62-48-21-14-22-49-54(48)60(47-28-23-40(32-50(47)62)53-37(3)17-12-18-38(53)4)56-55(63(49)42-26-24-41(25-27-42)57(5,6)7)44-33-46-45(34-51(44)64-56)58(8,9)29-30-59(46,10)61/h11-24,26-28,31-35,41,52H,25,29-30H2,1-10H3. The number of hydrogen-bond acceptors (Lipinski definition) is 3. The Hall–Kier alpha value is -5.01. The molecule has 3 aliphatic carbocycles. The van der Waals surface area contributed by atoms with Crippen LogP contribution in [0.3, 0.4) is 0 Å². The third kappa shape index (κ3) is 6.41. The number of nitrogens with zero attached hydrogens (tertiary/aromatic N) is 2. The molecule has 64 heavy (non-hydrogen) atoms. The molecule has 0 bridgehead atoms. The highest BCUT2D eigenvalue weighted by atomic mass is 127. The number of anilines is 5. The van der Waals surface area contributed by atoms with E-state index in [1.165, 1.54) is 95.0 Å². The fourth-order valence-electron chi connectivity index (χ4n) is 12.1. The van der Waals surface area contributed by atoms with Gasteiger partial charge in [0.25, 0.3) is 6.71 Å². The topological polar surface area (TPSA) is 19.6 Å². The van der Waals surface area contributed by atoms with Gasteiger partial charge in [0.2, 0.25) is 0 Å². The van der Waals surface area contributed by atoms with Gasteiger partial charge in [0, 0.05) is 43.2 Å². The number of allylic oxidation sites excluding steroid dienone is 7. The first-order valence-corrected chi connectivity index (χ1v) is 24.7. The maximum Gasteiger partial charge on any atom is 0.297 e. The molecule has 5 aromatic carbocycles. The van der Waals surface area contributed by atoms with Crippen LogP contribution < -0.4 is 26.4 Å². The molecule has 4 atom stereocenters. The Kier molecular flexibility index (Phi) is 9.61. The molecule has 4 unspecified atom stereocenters. The summed E-state index contributed by atoms with van der Waals surface area (Å²) in [7, 11) is 0. The van der Waals surface area contributed by atoms with Crippen LogP contribution in [0.25, 0.3) is 22.1 Å². The summed E-state index contributed by atoms with van der Waals surface area (Å²) in [6.07, 6.45) is 17.5. The predicted molar refractivity (Wildman–Crippen MR) is 282 cm³/mol. The molecule has 0 saturated heterocycles. The lowest BCUT2D eigenvalue weighted by Crippen LogP contribution is -2.61. The maximum absolute atomic E-state index is 7.51. The number of rotatable bonds is 4. The molecule has 3 nitrogen and oxygen atoms in total. The molecule has 1 aromatic heterocycles. The highest BCUT2D eigenvalue weighted by molar-refractivity contribution is 14.1. The molecule has 5 aliphatic rings. The predicted octanol–water partition coefficient (Wildman–Crippen LogP) is 14.9. The highest BCUT2D eigenvalue weighted by Gasteiger charge is 2.48. The summed E-state index contributed by atoms with van der Waals surface area (Å²) < 4.78 is 7.54. The third-order valence-electron chi connectivity index (χ3n) is 15.7. The van der Waals surface area contributed by atoms with E-state index in [0.29, 0.717) is 17.8 Å². The van der Waals surface area contributed by atoms with Crippen LogP contribution in [0.4, 0.5) is 28.4 Å². The van der Waals surface area contributed by atoms with Gasteiger partial charge in [-0.3, -0.25) is 0 Å². The van der Waals surface area contributed by atoms with Crippen LogP contribution in [0.15, 0.2) is 143 Å². The zero-order chi connectivity index (χ0) is 44.6. The molecule has 2 aliphatic heterocycles. The second-order valence-corrected chi connectivity index (χ2v) is 23.9. The summed E-state index contributed by atoms with van der Waals surface area (Å²) in [6.45, 7) is 23.4. The summed E-state index contributed by atoms with van der Waals surface area (Å²) in [5, 5.41) is 1.21. The second kappa shape index (κ2) is 14.8. The number of furan rings is 1. The molecule has 0 radical (unpaired) electrons. The minimum Gasteiger partial charge on any atom is -0.468 e. The highest BCUT2D eigenvalue weighted by Crippen LogP contribution is 2.53. The smallest absolute Gasteiger partial charge is 0.297 e. The Morgan fingerprint density at radius 3 is 2.23 bits per heavy atom. The third-order valence-corrected chi connectivity index (χ3v) is 16.9. The summed E-state index contributed by atoms with van der Waals surface area (Å²) in [6, 6.07) is 35.3. The van der Waals surface area contributed by atoms with E-state index in [0.717, 1.165) is 30.5 Å². The Morgan fingerprint density at radius 2 is 1.52 bits per heavy atom. The first kappa shape index (κ1) is 41.7. The SMILES string of the molecule is CC1=CC=CC(C)C1c1cccc(N2c3cc(-c4c(C)cccc4C)ccc3B3c4oc5cc6c(cc5c4N(C4=CCC(C(C)(C)C)C=C4)c4cccc2c43)C(C)(I)CCC6(C)C)c1. The molecule has 3 heterocycles. The Morgan fingerprint density at radius 1 is 0.781 bits per heavy atom. The normalized spacial score (nSPS) is 23.0. The van der Waals surface area contributed by atoms with E-state index in [1.54, 1.807) is 0 Å². The molecule has 5 heteroatoms. The first-order chi connectivity index (χ1) is 30.5. The lowest BCUT2D eigenvalue weighted by atomic mass is 9.35. The average molecular weight is 951 g/mol. The Bertz CT molecular complexity index is 3040. The van der Waals surface area contributed by atoms with E-state index < -0.39 is 0 Å².